The summed E-state index contributed by atoms with van der Waals surface area (Å²) < 4.78 is 0. The Morgan fingerprint density at radius 2 is 1.77 bits per heavy atom. The first-order valence-corrected chi connectivity index (χ1v) is 5.06. The van der Waals surface area contributed by atoms with Crippen LogP contribution in [-0.2, 0) is 0 Å². The van der Waals surface area contributed by atoms with Crippen LogP contribution in [0.2, 0.25) is 0 Å². The lowest BCUT2D eigenvalue weighted by atomic mass is 9.90. The van der Waals surface area contributed by atoms with E-state index in [-0.39, 0.29) is 0 Å². The van der Waals surface area contributed by atoms with E-state index in [0.29, 0.717) is 11.6 Å². The van der Waals surface area contributed by atoms with E-state index in [4.69, 9.17) is 0 Å². The third kappa shape index (κ3) is 2.22. The quantitative estimate of drug-likeness (QED) is 0.676. The zero-order valence-electron chi connectivity index (χ0n) is 9.59. The van der Waals surface area contributed by atoms with E-state index in [1.165, 1.54) is 0 Å². The summed E-state index contributed by atoms with van der Waals surface area (Å²) in [5, 5.41) is 3.36. The van der Waals surface area contributed by atoms with Crippen LogP contribution in [-0.4, -0.2) is 62.2 Å². The molecule has 0 spiro atoms. The lowest BCUT2D eigenvalue weighted by Crippen LogP contribution is -2.71. The number of rotatable bonds is 4. The molecule has 1 aliphatic rings. The monoisotopic (exact) mass is 185 g/mol. The lowest BCUT2D eigenvalue weighted by Gasteiger charge is -2.50. The Morgan fingerprint density at radius 3 is 2.00 bits per heavy atom. The van der Waals surface area contributed by atoms with E-state index >= 15 is 0 Å². The molecule has 0 aromatic heterocycles. The van der Waals surface area contributed by atoms with Crippen LogP contribution in [0.25, 0.3) is 0 Å². The smallest absolute Gasteiger partial charge is 0.0581 e. The molecule has 3 heteroatoms. The SMILES string of the molecule is CC(C)N(C)CC1(N(C)C)CNC1. The van der Waals surface area contributed by atoms with E-state index in [0.717, 1.165) is 19.6 Å². The minimum Gasteiger partial charge on any atom is -0.313 e. The van der Waals surface area contributed by atoms with Crippen LogP contribution in [0.1, 0.15) is 13.8 Å². The van der Waals surface area contributed by atoms with Crippen LogP contribution < -0.4 is 5.32 Å². The van der Waals surface area contributed by atoms with E-state index in [1.54, 1.807) is 0 Å². The van der Waals surface area contributed by atoms with Crippen molar-refractivity contribution in [3.63, 3.8) is 0 Å². The summed E-state index contributed by atoms with van der Waals surface area (Å²) in [6, 6.07) is 0.637. The molecule has 13 heavy (non-hydrogen) atoms. The van der Waals surface area contributed by atoms with Crippen LogP contribution in [0.3, 0.4) is 0 Å². The zero-order chi connectivity index (χ0) is 10.1. The summed E-state index contributed by atoms with van der Waals surface area (Å²) >= 11 is 0. The van der Waals surface area contributed by atoms with Gasteiger partial charge in [-0.1, -0.05) is 0 Å². The molecule has 0 atom stereocenters. The fourth-order valence-corrected chi connectivity index (χ4v) is 1.63. The van der Waals surface area contributed by atoms with Gasteiger partial charge in [-0.3, -0.25) is 0 Å². The number of nitrogens with zero attached hydrogens (tertiary/aromatic N) is 2. The molecule has 0 radical (unpaired) electrons. The number of hydrogen-bond acceptors (Lipinski definition) is 3. The van der Waals surface area contributed by atoms with Crippen molar-refractivity contribution in [1.29, 1.82) is 0 Å². The summed E-state index contributed by atoms with van der Waals surface area (Å²) in [5.41, 5.74) is 0.374. The van der Waals surface area contributed by atoms with Gasteiger partial charge < -0.3 is 15.1 Å². The van der Waals surface area contributed by atoms with Crippen LogP contribution in [0.4, 0.5) is 0 Å². The van der Waals surface area contributed by atoms with Gasteiger partial charge in [-0.2, -0.15) is 0 Å². The molecule has 0 amide bonds. The maximum absolute atomic E-state index is 3.36. The first kappa shape index (κ1) is 11.0. The Balaban J connectivity index is 2.49. The summed E-state index contributed by atoms with van der Waals surface area (Å²) in [4.78, 5) is 4.77. The molecule has 0 unspecified atom stereocenters. The highest BCUT2D eigenvalue weighted by molar-refractivity contribution is 5.02. The third-order valence-electron chi connectivity index (χ3n) is 3.28. The van der Waals surface area contributed by atoms with Crippen molar-refractivity contribution in [3.05, 3.63) is 0 Å². The Kier molecular flexibility index (Phi) is 3.33. The average molecular weight is 185 g/mol. The van der Waals surface area contributed by atoms with Gasteiger partial charge in [-0.25, -0.2) is 0 Å². The summed E-state index contributed by atoms with van der Waals surface area (Å²) in [6.45, 7) is 7.89. The molecule has 3 nitrogen and oxygen atoms in total. The summed E-state index contributed by atoms with van der Waals surface area (Å²) in [5.74, 6) is 0. The summed E-state index contributed by atoms with van der Waals surface area (Å²) in [6.07, 6.45) is 0. The average Bonchev–Trinajstić information content (AvgIpc) is 1.95. The topological polar surface area (TPSA) is 18.5 Å². The van der Waals surface area contributed by atoms with Gasteiger partial charge in [0.05, 0.1) is 5.54 Å². The van der Waals surface area contributed by atoms with Gasteiger partial charge in [0, 0.05) is 25.7 Å². The van der Waals surface area contributed by atoms with E-state index < -0.39 is 0 Å². The van der Waals surface area contributed by atoms with Crippen molar-refractivity contribution in [2.75, 3.05) is 40.8 Å². The molecule has 0 aliphatic carbocycles. The fraction of sp³-hybridized carbons (Fsp3) is 1.00. The molecule has 0 saturated carbocycles. The largest absolute Gasteiger partial charge is 0.313 e. The molecular weight excluding hydrogens is 162 g/mol. The highest BCUT2D eigenvalue weighted by Gasteiger charge is 2.40. The van der Waals surface area contributed by atoms with E-state index in [2.05, 4.69) is 50.1 Å². The second-order valence-corrected chi connectivity index (χ2v) is 4.73. The molecule has 0 bridgehead atoms. The Bertz CT molecular complexity index is 162. The van der Waals surface area contributed by atoms with Gasteiger partial charge in [0.1, 0.15) is 0 Å². The molecule has 1 fully saturated rings. The fourth-order valence-electron chi connectivity index (χ4n) is 1.63. The van der Waals surface area contributed by atoms with E-state index in [9.17, 15) is 0 Å². The molecule has 1 rings (SSSR count). The number of hydrogen-bond donors (Lipinski definition) is 1. The van der Waals surface area contributed by atoms with Crippen LogP contribution in [0.5, 0.6) is 0 Å². The van der Waals surface area contributed by atoms with Crippen molar-refractivity contribution in [1.82, 2.24) is 15.1 Å². The summed E-state index contributed by atoms with van der Waals surface area (Å²) in [7, 11) is 6.55. The van der Waals surface area contributed by atoms with Crippen LogP contribution >= 0.6 is 0 Å². The van der Waals surface area contributed by atoms with Gasteiger partial charge >= 0.3 is 0 Å². The van der Waals surface area contributed by atoms with Crippen molar-refractivity contribution in [2.45, 2.75) is 25.4 Å². The standard InChI is InChI=1S/C10H23N3/c1-9(2)13(5)8-10(12(3)4)6-11-7-10/h9,11H,6-8H2,1-5H3. The Morgan fingerprint density at radius 1 is 1.23 bits per heavy atom. The highest BCUT2D eigenvalue weighted by Crippen LogP contribution is 2.19. The Labute approximate surface area is 82.1 Å². The predicted molar refractivity (Wildman–Crippen MR) is 57.1 cm³/mol. The van der Waals surface area contributed by atoms with E-state index in [1.807, 2.05) is 0 Å². The van der Waals surface area contributed by atoms with Crippen LogP contribution in [0, 0.1) is 0 Å². The second-order valence-electron chi connectivity index (χ2n) is 4.73. The Hall–Kier alpha value is -0.120. The van der Waals surface area contributed by atoms with Crippen molar-refractivity contribution in [3.8, 4) is 0 Å². The number of likely N-dealkylation sites (N-methyl/N-ethyl adjacent to an activating group) is 2. The molecule has 0 aromatic rings. The van der Waals surface area contributed by atoms with Crippen molar-refractivity contribution >= 4 is 0 Å². The van der Waals surface area contributed by atoms with Gasteiger partial charge in [0.25, 0.3) is 0 Å². The molecule has 78 valence electrons. The first-order chi connectivity index (χ1) is 5.98. The lowest BCUT2D eigenvalue weighted by molar-refractivity contribution is 0.0408. The van der Waals surface area contributed by atoms with Gasteiger partial charge in [-0.05, 0) is 35.0 Å². The first-order valence-electron chi connectivity index (χ1n) is 5.06. The normalized spacial score (nSPS) is 21.2. The van der Waals surface area contributed by atoms with Crippen molar-refractivity contribution in [2.24, 2.45) is 0 Å². The maximum Gasteiger partial charge on any atom is 0.0581 e. The minimum absolute atomic E-state index is 0.374. The van der Waals surface area contributed by atoms with Crippen molar-refractivity contribution < 1.29 is 0 Å². The van der Waals surface area contributed by atoms with Gasteiger partial charge in [0.15, 0.2) is 0 Å². The molecule has 1 N–H and O–H groups in total. The maximum atomic E-state index is 3.36. The van der Waals surface area contributed by atoms with Gasteiger partial charge in [0.2, 0.25) is 0 Å². The highest BCUT2D eigenvalue weighted by atomic mass is 15.3. The zero-order valence-corrected chi connectivity index (χ0v) is 9.59. The van der Waals surface area contributed by atoms with Gasteiger partial charge in [-0.15, -0.1) is 0 Å². The minimum atomic E-state index is 0.374. The molecule has 1 saturated heterocycles. The predicted octanol–water partition coefficient (Wildman–Crippen LogP) is 0.230. The second kappa shape index (κ2) is 3.95. The van der Waals surface area contributed by atoms with Crippen LogP contribution in [0.15, 0.2) is 0 Å². The molecule has 1 heterocycles. The molecule has 1 aliphatic heterocycles. The molecule has 0 aromatic carbocycles. The number of nitrogens with one attached hydrogen (secondary N) is 1. The molecular formula is C10H23N3. The third-order valence-corrected chi connectivity index (χ3v) is 3.28.